The predicted molar refractivity (Wildman–Crippen MR) is 68.6 cm³/mol. The van der Waals surface area contributed by atoms with Crippen LogP contribution in [0.5, 0.6) is 0 Å². The molecule has 4 nitrogen and oxygen atoms in total. The van der Waals surface area contributed by atoms with Crippen molar-refractivity contribution in [2.45, 2.75) is 32.6 Å². The number of piperidine rings is 1. The Morgan fingerprint density at radius 3 is 2.59 bits per heavy atom. The minimum Gasteiger partial charge on any atom is -0.354 e. The maximum atomic E-state index is 11.8. The Bertz CT molecular complexity index is 268. The van der Waals surface area contributed by atoms with Crippen molar-refractivity contribution in [3.8, 4) is 0 Å². The number of nitrogens with zero attached hydrogens (tertiary/aromatic N) is 1. The normalized spacial score (nSPS) is 24.6. The molecule has 1 aliphatic carbocycles. The fourth-order valence-electron chi connectivity index (χ4n) is 2.48. The van der Waals surface area contributed by atoms with Crippen LogP contribution in [0.1, 0.15) is 32.6 Å². The summed E-state index contributed by atoms with van der Waals surface area (Å²) in [5, 5.41) is 3.03. The van der Waals surface area contributed by atoms with Crippen molar-refractivity contribution in [3.63, 3.8) is 0 Å². The molecule has 0 aromatic heterocycles. The van der Waals surface area contributed by atoms with Gasteiger partial charge in [0.2, 0.25) is 5.91 Å². The third-order valence-corrected chi connectivity index (χ3v) is 4.32. The van der Waals surface area contributed by atoms with Crippen molar-refractivity contribution in [2.24, 2.45) is 17.1 Å². The molecule has 4 heteroatoms. The lowest BCUT2D eigenvalue weighted by Crippen LogP contribution is -2.42. The second-order valence-corrected chi connectivity index (χ2v) is 5.76. The fourth-order valence-corrected chi connectivity index (χ4v) is 2.48. The maximum Gasteiger partial charge on any atom is 0.227 e. The van der Waals surface area contributed by atoms with Crippen LogP contribution >= 0.6 is 0 Å². The number of hydrogen-bond acceptors (Lipinski definition) is 3. The monoisotopic (exact) mass is 239 g/mol. The zero-order chi connectivity index (χ0) is 12.3. The number of likely N-dealkylation sites (tertiary alicyclic amines) is 1. The zero-order valence-electron chi connectivity index (χ0n) is 10.9. The van der Waals surface area contributed by atoms with E-state index in [9.17, 15) is 4.79 Å². The van der Waals surface area contributed by atoms with Gasteiger partial charge in [0.15, 0.2) is 0 Å². The van der Waals surface area contributed by atoms with E-state index in [1.54, 1.807) is 0 Å². The Hall–Kier alpha value is -0.610. The minimum absolute atomic E-state index is 0.172. The maximum absolute atomic E-state index is 11.8. The molecule has 0 aromatic carbocycles. The second kappa shape index (κ2) is 5.36. The average Bonchev–Trinajstić information content (AvgIpc) is 3.12. The van der Waals surface area contributed by atoms with E-state index in [0.717, 1.165) is 31.8 Å². The smallest absolute Gasteiger partial charge is 0.227 e. The van der Waals surface area contributed by atoms with Gasteiger partial charge in [-0.25, -0.2) is 0 Å². The molecule has 0 unspecified atom stereocenters. The van der Waals surface area contributed by atoms with Gasteiger partial charge in [0.1, 0.15) is 0 Å². The molecule has 17 heavy (non-hydrogen) atoms. The van der Waals surface area contributed by atoms with Gasteiger partial charge in [-0.2, -0.15) is 0 Å². The molecule has 1 saturated carbocycles. The van der Waals surface area contributed by atoms with Crippen LogP contribution < -0.4 is 11.1 Å². The molecule has 1 amide bonds. The van der Waals surface area contributed by atoms with E-state index in [1.165, 1.54) is 25.9 Å². The van der Waals surface area contributed by atoms with Gasteiger partial charge >= 0.3 is 0 Å². The van der Waals surface area contributed by atoms with E-state index in [0.29, 0.717) is 6.54 Å². The van der Waals surface area contributed by atoms with E-state index < -0.39 is 0 Å². The van der Waals surface area contributed by atoms with Crippen molar-refractivity contribution >= 4 is 5.91 Å². The van der Waals surface area contributed by atoms with Gasteiger partial charge in [0, 0.05) is 19.6 Å². The number of hydrogen-bond donors (Lipinski definition) is 2. The molecule has 1 saturated heterocycles. The molecule has 0 radical (unpaired) electrons. The number of amides is 1. The molecule has 0 atom stereocenters. The molecule has 0 bridgehead atoms. The van der Waals surface area contributed by atoms with Crippen LogP contribution in [0.25, 0.3) is 0 Å². The van der Waals surface area contributed by atoms with Crippen molar-refractivity contribution in [1.29, 1.82) is 0 Å². The van der Waals surface area contributed by atoms with Gasteiger partial charge in [-0.05, 0) is 44.7 Å². The number of carbonyl (C=O) groups excluding carboxylic acids is 1. The van der Waals surface area contributed by atoms with Crippen LogP contribution in [0.2, 0.25) is 0 Å². The predicted octanol–water partition coefficient (Wildman–Crippen LogP) is 0.573. The molecule has 98 valence electrons. The van der Waals surface area contributed by atoms with Gasteiger partial charge in [0.25, 0.3) is 0 Å². The molecular weight excluding hydrogens is 214 g/mol. The number of rotatable bonds is 5. The SMILES string of the molecule is CC1CCN(CCNC(=O)C2(CN)CC2)CC1. The zero-order valence-corrected chi connectivity index (χ0v) is 10.9. The topological polar surface area (TPSA) is 58.4 Å². The standard InChI is InChI=1S/C13H25N3O/c1-11-2-7-16(8-3-11)9-6-15-12(17)13(10-14)4-5-13/h11H,2-10,14H2,1H3,(H,15,17). The Morgan fingerprint density at radius 2 is 2.06 bits per heavy atom. The second-order valence-electron chi connectivity index (χ2n) is 5.76. The minimum atomic E-state index is -0.198. The Labute approximate surface area is 104 Å². The summed E-state index contributed by atoms with van der Waals surface area (Å²) < 4.78 is 0. The third kappa shape index (κ3) is 3.19. The average molecular weight is 239 g/mol. The summed E-state index contributed by atoms with van der Waals surface area (Å²) >= 11 is 0. The van der Waals surface area contributed by atoms with E-state index in [1.807, 2.05) is 0 Å². The highest BCUT2D eigenvalue weighted by Gasteiger charge is 2.48. The summed E-state index contributed by atoms with van der Waals surface area (Å²) in [7, 11) is 0. The van der Waals surface area contributed by atoms with Crippen molar-refractivity contribution in [3.05, 3.63) is 0 Å². The van der Waals surface area contributed by atoms with Crippen molar-refractivity contribution in [2.75, 3.05) is 32.7 Å². The lowest BCUT2D eigenvalue weighted by molar-refractivity contribution is -0.126. The summed E-state index contributed by atoms with van der Waals surface area (Å²) in [6.45, 7) is 6.93. The van der Waals surface area contributed by atoms with Crippen LogP contribution in [0.3, 0.4) is 0 Å². The highest BCUT2D eigenvalue weighted by molar-refractivity contribution is 5.85. The highest BCUT2D eigenvalue weighted by Crippen LogP contribution is 2.44. The largest absolute Gasteiger partial charge is 0.354 e. The first-order valence-corrected chi connectivity index (χ1v) is 6.87. The molecular formula is C13H25N3O. The van der Waals surface area contributed by atoms with Crippen LogP contribution in [0, 0.1) is 11.3 Å². The number of nitrogens with two attached hydrogens (primary N) is 1. The third-order valence-electron chi connectivity index (χ3n) is 4.32. The highest BCUT2D eigenvalue weighted by atomic mass is 16.2. The van der Waals surface area contributed by atoms with Crippen molar-refractivity contribution in [1.82, 2.24) is 10.2 Å². The summed E-state index contributed by atoms with van der Waals surface area (Å²) in [5.74, 6) is 1.04. The Balaban J connectivity index is 1.61. The van der Waals surface area contributed by atoms with E-state index >= 15 is 0 Å². The summed E-state index contributed by atoms with van der Waals surface area (Å²) in [6.07, 6.45) is 4.52. The quantitative estimate of drug-likeness (QED) is 0.737. The first kappa shape index (κ1) is 12.8. The van der Waals surface area contributed by atoms with E-state index in [2.05, 4.69) is 17.1 Å². The summed E-state index contributed by atoms with van der Waals surface area (Å²) in [4.78, 5) is 14.3. The van der Waals surface area contributed by atoms with Crippen LogP contribution in [-0.2, 0) is 4.79 Å². The molecule has 0 spiro atoms. The molecule has 0 aromatic rings. The van der Waals surface area contributed by atoms with E-state index in [-0.39, 0.29) is 11.3 Å². The number of carbonyl (C=O) groups is 1. The van der Waals surface area contributed by atoms with E-state index in [4.69, 9.17) is 5.73 Å². The van der Waals surface area contributed by atoms with Crippen LogP contribution in [-0.4, -0.2) is 43.5 Å². The van der Waals surface area contributed by atoms with Gasteiger partial charge in [-0.1, -0.05) is 6.92 Å². The molecule has 2 rings (SSSR count). The Kier molecular flexibility index (Phi) is 4.05. The molecule has 3 N–H and O–H groups in total. The van der Waals surface area contributed by atoms with Gasteiger partial charge < -0.3 is 16.0 Å². The first-order valence-electron chi connectivity index (χ1n) is 6.87. The van der Waals surface area contributed by atoms with Crippen LogP contribution in [0.4, 0.5) is 0 Å². The van der Waals surface area contributed by atoms with Gasteiger partial charge in [-0.3, -0.25) is 4.79 Å². The lowest BCUT2D eigenvalue weighted by atomic mass is 9.99. The van der Waals surface area contributed by atoms with Crippen molar-refractivity contribution < 1.29 is 4.79 Å². The lowest BCUT2D eigenvalue weighted by Gasteiger charge is -2.30. The molecule has 1 heterocycles. The molecule has 2 aliphatic rings. The first-order chi connectivity index (χ1) is 8.16. The van der Waals surface area contributed by atoms with Crippen LogP contribution in [0.15, 0.2) is 0 Å². The summed E-state index contributed by atoms with van der Waals surface area (Å²) in [5.41, 5.74) is 5.43. The molecule has 2 fully saturated rings. The summed E-state index contributed by atoms with van der Waals surface area (Å²) in [6, 6.07) is 0. The molecule has 1 aliphatic heterocycles. The fraction of sp³-hybridized carbons (Fsp3) is 0.923. The van der Waals surface area contributed by atoms with Gasteiger partial charge in [0.05, 0.1) is 5.41 Å². The van der Waals surface area contributed by atoms with Gasteiger partial charge in [-0.15, -0.1) is 0 Å². The number of nitrogens with one attached hydrogen (secondary N) is 1. The Morgan fingerprint density at radius 1 is 1.41 bits per heavy atom.